The number of aromatic nitrogens is 2. The van der Waals surface area contributed by atoms with Gasteiger partial charge in [-0.25, -0.2) is 4.68 Å². The van der Waals surface area contributed by atoms with Crippen LogP contribution in [0.5, 0.6) is 5.75 Å². The molecule has 1 aromatic heterocycles. The van der Waals surface area contributed by atoms with Crippen molar-refractivity contribution in [2.45, 2.75) is 0 Å². The summed E-state index contributed by atoms with van der Waals surface area (Å²) in [6.45, 7) is 0. The first kappa shape index (κ1) is 16.1. The standard InChI is InChI=1S/C17H15BrN4O2/c1-24-15-5-3-2-4-14(15)22-16(19)13(10-20-22)17(23)21-12-8-6-11(18)7-9-12/h2-10H,19H2,1H3,(H,21,23). The number of rotatable bonds is 4. The van der Waals surface area contributed by atoms with Crippen LogP contribution in [0.3, 0.4) is 0 Å². The lowest BCUT2D eigenvalue weighted by molar-refractivity contribution is 0.102. The van der Waals surface area contributed by atoms with Crippen molar-refractivity contribution in [3.63, 3.8) is 0 Å². The number of halogens is 1. The summed E-state index contributed by atoms with van der Waals surface area (Å²) in [6, 6.07) is 14.6. The molecule has 0 aliphatic heterocycles. The lowest BCUT2D eigenvalue weighted by Gasteiger charge is -2.10. The molecular weight excluding hydrogens is 372 g/mol. The number of nitrogens with two attached hydrogens (primary N) is 1. The molecule has 0 unspecified atom stereocenters. The first-order valence-electron chi connectivity index (χ1n) is 7.14. The van der Waals surface area contributed by atoms with E-state index in [4.69, 9.17) is 10.5 Å². The molecule has 2 aromatic carbocycles. The number of nitrogens with zero attached hydrogens (tertiary/aromatic N) is 2. The largest absolute Gasteiger partial charge is 0.494 e. The average Bonchev–Trinajstić information content (AvgIpc) is 2.98. The molecule has 0 atom stereocenters. The minimum absolute atomic E-state index is 0.245. The molecule has 1 amide bonds. The molecule has 0 aliphatic carbocycles. The van der Waals surface area contributed by atoms with Gasteiger partial charge in [0.25, 0.3) is 5.91 Å². The van der Waals surface area contributed by atoms with E-state index in [9.17, 15) is 4.79 Å². The van der Waals surface area contributed by atoms with Crippen molar-refractivity contribution < 1.29 is 9.53 Å². The fourth-order valence-corrected chi connectivity index (χ4v) is 2.53. The van der Waals surface area contributed by atoms with Crippen LogP contribution in [0.1, 0.15) is 10.4 Å². The molecular formula is C17H15BrN4O2. The molecule has 1 heterocycles. The number of hydrogen-bond acceptors (Lipinski definition) is 4. The monoisotopic (exact) mass is 386 g/mol. The number of nitrogen functional groups attached to an aromatic ring is 1. The van der Waals surface area contributed by atoms with Gasteiger partial charge in [-0.1, -0.05) is 28.1 Å². The Kier molecular flexibility index (Phi) is 4.52. The third-order valence-corrected chi connectivity index (χ3v) is 4.00. The molecule has 0 radical (unpaired) electrons. The zero-order valence-corrected chi connectivity index (χ0v) is 14.4. The minimum Gasteiger partial charge on any atom is -0.494 e. The molecule has 0 saturated heterocycles. The molecule has 24 heavy (non-hydrogen) atoms. The lowest BCUT2D eigenvalue weighted by Crippen LogP contribution is -2.14. The highest BCUT2D eigenvalue weighted by Gasteiger charge is 2.18. The SMILES string of the molecule is COc1ccccc1-n1ncc(C(=O)Nc2ccc(Br)cc2)c1N. The highest BCUT2D eigenvalue weighted by atomic mass is 79.9. The number of methoxy groups -OCH3 is 1. The summed E-state index contributed by atoms with van der Waals surface area (Å²) in [5.74, 6) is 0.539. The van der Waals surface area contributed by atoms with Gasteiger partial charge >= 0.3 is 0 Å². The Hall–Kier alpha value is -2.80. The second-order valence-corrected chi connectivity index (χ2v) is 5.90. The van der Waals surface area contributed by atoms with Crippen molar-refractivity contribution in [1.82, 2.24) is 9.78 Å². The van der Waals surface area contributed by atoms with Gasteiger partial charge in [0.05, 0.1) is 13.3 Å². The first-order chi connectivity index (χ1) is 11.6. The van der Waals surface area contributed by atoms with Crippen molar-refractivity contribution in [1.29, 1.82) is 0 Å². The number of benzene rings is 2. The van der Waals surface area contributed by atoms with Crippen LogP contribution in [0.4, 0.5) is 11.5 Å². The Bertz CT molecular complexity index is 875. The molecule has 6 nitrogen and oxygen atoms in total. The Morgan fingerprint density at radius 1 is 1.21 bits per heavy atom. The number of carbonyl (C=O) groups is 1. The average molecular weight is 387 g/mol. The van der Waals surface area contributed by atoms with E-state index in [-0.39, 0.29) is 11.7 Å². The van der Waals surface area contributed by atoms with Gasteiger partial charge < -0.3 is 15.8 Å². The Morgan fingerprint density at radius 2 is 1.92 bits per heavy atom. The molecule has 0 aliphatic rings. The van der Waals surface area contributed by atoms with Gasteiger partial charge in [0, 0.05) is 10.2 Å². The van der Waals surface area contributed by atoms with Gasteiger partial charge in [0.1, 0.15) is 22.8 Å². The number of para-hydroxylation sites is 2. The fraction of sp³-hybridized carbons (Fsp3) is 0.0588. The van der Waals surface area contributed by atoms with Crippen LogP contribution >= 0.6 is 15.9 Å². The van der Waals surface area contributed by atoms with Gasteiger partial charge in [-0.3, -0.25) is 4.79 Å². The molecule has 0 saturated carbocycles. The minimum atomic E-state index is -0.323. The van der Waals surface area contributed by atoms with Gasteiger partial charge in [-0.2, -0.15) is 5.10 Å². The van der Waals surface area contributed by atoms with E-state index < -0.39 is 0 Å². The summed E-state index contributed by atoms with van der Waals surface area (Å²) in [7, 11) is 1.57. The maximum atomic E-state index is 12.4. The zero-order valence-electron chi connectivity index (χ0n) is 12.9. The van der Waals surface area contributed by atoms with E-state index in [2.05, 4.69) is 26.3 Å². The topological polar surface area (TPSA) is 82.2 Å². The summed E-state index contributed by atoms with van der Waals surface area (Å²) in [6.07, 6.45) is 1.44. The maximum absolute atomic E-state index is 12.4. The van der Waals surface area contributed by atoms with Crippen LogP contribution in [-0.2, 0) is 0 Å². The van der Waals surface area contributed by atoms with E-state index in [1.54, 1.807) is 25.3 Å². The number of nitrogens with one attached hydrogen (secondary N) is 1. The van der Waals surface area contributed by atoms with Crippen LogP contribution in [0, 0.1) is 0 Å². The van der Waals surface area contributed by atoms with E-state index in [0.29, 0.717) is 22.7 Å². The van der Waals surface area contributed by atoms with Crippen LogP contribution in [0.25, 0.3) is 5.69 Å². The van der Waals surface area contributed by atoms with Gasteiger partial charge in [-0.15, -0.1) is 0 Å². The highest BCUT2D eigenvalue weighted by molar-refractivity contribution is 9.10. The van der Waals surface area contributed by atoms with Crippen LogP contribution in [-0.4, -0.2) is 22.8 Å². The van der Waals surface area contributed by atoms with Crippen molar-refractivity contribution in [2.75, 3.05) is 18.2 Å². The van der Waals surface area contributed by atoms with E-state index in [0.717, 1.165) is 4.47 Å². The zero-order chi connectivity index (χ0) is 17.1. The number of carbonyl (C=O) groups excluding carboxylic acids is 1. The molecule has 7 heteroatoms. The fourth-order valence-electron chi connectivity index (χ4n) is 2.26. The van der Waals surface area contributed by atoms with E-state index in [1.807, 2.05) is 30.3 Å². The number of ether oxygens (including phenoxy) is 1. The highest BCUT2D eigenvalue weighted by Crippen LogP contribution is 2.26. The summed E-state index contributed by atoms with van der Waals surface area (Å²) < 4.78 is 7.73. The molecule has 0 fully saturated rings. The van der Waals surface area contributed by atoms with Gasteiger partial charge in [0.2, 0.25) is 0 Å². The third kappa shape index (κ3) is 3.11. The van der Waals surface area contributed by atoms with Crippen molar-refractivity contribution in [2.24, 2.45) is 0 Å². The summed E-state index contributed by atoms with van der Waals surface area (Å²) in [4.78, 5) is 12.4. The number of amides is 1. The summed E-state index contributed by atoms with van der Waals surface area (Å²) in [5, 5.41) is 7.01. The lowest BCUT2D eigenvalue weighted by atomic mass is 10.2. The van der Waals surface area contributed by atoms with Gasteiger partial charge in [0.15, 0.2) is 0 Å². The Balaban J connectivity index is 1.89. The first-order valence-corrected chi connectivity index (χ1v) is 7.93. The molecule has 122 valence electrons. The van der Waals surface area contributed by atoms with E-state index in [1.165, 1.54) is 10.9 Å². The van der Waals surface area contributed by atoms with Crippen molar-refractivity contribution in [3.05, 3.63) is 64.8 Å². The van der Waals surface area contributed by atoms with Crippen molar-refractivity contribution >= 4 is 33.3 Å². The Morgan fingerprint density at radius 3 is 2.62 bits per heavy atom. The predicted molar refractivity (Wildman–Crippen MR) is 96.6 cm³/mol. The van der Waals surface area contributed by atoms with Crippen molar-refractivity contribution in [3.8, 4) is 11.4 Å². The molecule has 3 N–H and O–H groups in total. The smallest absolute Gasteiger partial charge is 0.261 e. The quantitative estimate of drug-likeness (QED) is 0.718. The second-order valence-electron chi connectivity index (χ2n) is 4.99. The van der Waals surface area contributed by atoms with Crippen LogP contribution in [0.2, 0.25) is 0 Å². The molecule has 0 spiro atoms. The predicted octanol–water partition coefficient (Wildman–Crippen LogP) is 3.48. The number of anilines is 2. The Labute approximate surface area is 147 Å². The molecule has 0 bridgehead atoms. The maximum Gasteiger partial charge on any atom is 0.261 e. The van der Waals surface area contributed by atoms with E-state index >= 15 is 0 Å². The van der Waals surface area contributed by atoms with Crippen LogP contribution in [0.15, 0.2) is 59.2 Å². The summed E-state index contributed by atoms with van der Waals surface area (Å²) >= 11 is 3.35. The summed E-state index contributed by atoms with van der Waals surface area (Å²) in [5.41, 5.74) is 7.75. The van der Waals surface area contributed by atoms with Gasteiger partial charge in [-0.05, 0) is 36.4 Å². The molecule has 3 rings (SSSR count). The van der Waals surface area contributed by atoms with Crippen LogP contribution < -0.4 is 15.8 Å². The second kappa shape index (κ2) is 6.76. The third-order valence-electron chi connectivity index (χ3n) is 3.47. The molecule has 3 aromatic rings. The normalized spacial score (nSPS) is 10.4. The number of hydrogen-bond donors (Lipinski definition) is 2.